The van der Waals surface area contributed by atoms with Crippen LogP contribution >= 0.6 is 0 Å². The molecule has 6 heteroatoms. The van der Waals surface area contributed by atoms with E-state index in [1.165, 1.54) is 0 Å². The summed E-state index contributed by atoms with van der Waals surface area (Å²) in [6.07, 6.45) is 2.54. The summed E-state index contributed by atoms with van der Waals surface area (Å²) < 4.78 is 5.48. The van der Waals surface area contributed by atoms with Crippen molar-refractivity contribution in [3.8, 4) is 6.07 Å². The van der Waals surface area contributed by atoms with Gasteiger partial charge in [0.15, 0.2) is 5.78 Å². The van der Waals surface area contributed by atoms with Crippen molar-refractivity contribution in [3.63, 3.8) is 0 Å². The van der Waals surface area contributed by atoms with Gasteiger partial charge in [-0.1, -0.05) is 6.92 Å². The highest BCUT2D eigenvalue weighted by Gasteiger charge is 2.30. The maximum absolute atomic E-state index is 12.3. The van der Waals surface area contributed by atoms with Gasteiger partial charge in [-0.15, -0.1) is 0 Å². The van der Waals surface area contributed by atoms with Crippen molar-refractivity contribution in [1.29, 1.82) is 5.26 Å². The van der Waals surface area contributed by atoms with Crippen molar-refractivity contribution < 1.29 is 14.3 Å². The number of carbonyl (C=O) groups is 2. The number of esters is 1. The standard InChI is InChI=1S/C21H29N3O3/c1-6-7-18(25)17-12-16(13-22)19(23-14(17)2)24-10-8-15(9-11-24)20(26)27-21(3,4)5/h12,15H,6-11H2,1-5H3. The molecule has 1 aliphatic heterocycles. The van der Waals surface area contributed by atoms with Gasteiger partial charge in [-0.05, 0) is 53.0 Å². The predicted octanol–water partition coefficient (Wildman–Crippen LogP) is 3.80. The second kappa shape index (κ2) is 8.51. The van der Waals surface area contributed by atoms with Gasteiger partial charge in [0.25, 0.3) is 0 Å². The molecule has 0 bridgehead atoms. The summed E-state index contributed by atoms with van der Waals surface area (Å²) in [7, 11) is 0. The van der Waals surface area contributed by atoms with Crippen molar-refractivity contribution in [3.05, 3.63) is 22.9 Å². The molecule has 0 atom stereocenters. The third-order valence-corrected chi connectivity index (χ3v) is 4.63. The number of hydrogen-bond acceptors (Lipinski definition) is 6. The lowest BCUT2D eigenvalue weighted by Gasteiger charge is -2.33. The Morgan fingerprint density at radius 1 is 1.33 bits per heavy atom. The van der Waals surface area contributed by atoms with E-state index in [4.69, 9.17) is 4.74 Å². The number of hydrogen-bond donors (Lipinski definition) is 0. The van der Waals surface area contributed by atoms with Gasteiger partial charge in [0.05, 0.1) is 17.2 Å². The minimum atomic E-state index is -0.484. The average Bonchev–Trinajstić information content (AvgIpc) is 2.60. The minimum absolute atomic E-state index is 0.0224. The Bertz CT molecular complexity index is 751. The van der Waals surface area contributed by atoms with E-state index in [9.17, 15) is 14.9 Å². The number of aromatic nitrogens is 1. The summed E-state index contributed by atoms with van der Waals surface area (Å²) in [4.78, 5) is 31.1. The van der Waals surface area contributed by atoms with Crippen LogP contribution in [0.1, 0.15) is 75.0 Å². The van der Waals surface area contributed by atoms with Crippen molar-refractivity contribution in [1.82, 2.24) is 4.98 Å². The smallest absolute Gasteiger partial charge is 0.309 e. The second-order valence-corrected chi connectivity index (χ2v) is 8.07. The molecule has 0 saturated carbocycles. The molecule has 2 rings (SSSR count). The second-order valence-electron chi connectivity index (χ2n) is 8.07. The molecule has 0 unspecified atom stereocenters. The first kappa shape index (κ1) is 20.9. The van der Waals surface area contributed by atoms with Crippen LogP contribution in [0.15, 0.2) is 6.07 Å². The molecule has 0 radical (unpaired) electrons. The lowest BCUT2D eigenvalue weighted by Crippen LogP contribution is -2.39. The van der Waals surface area contributed by atoms with Gasteiger partial charge in [0, 0.05) is 25.1 Å². The van der Waals surface area contributed by atoms with Crippen LogP contribution in [-0.4, -0.2) is 35.4 Å². The van der Waals surface area contributed by atoms with Crippen LogP contribution in [0.3, 0.4) is 0 Å². The Kier molecular flexibility index (Phi) is 6.59. The largest absolute Gasteiger partial charge is 0.460 e. The van der Waals surface area contributed by atoms with Crippen LogP contribution in [0.25, 0.3) is 0 Å². The summed E-state index contributed by atoms with van der Waals surface area (Å²) in [5.41, 5.74) is 1.11. The lowest BCUT2D eigenvalue weighted by molar-refractivity contribution is -0.160. The van der Waals surface area contributed by atoms with Gasteiger partial charge < -0.3 is 9.64 Å². The van der Waals surface area contributed by atoms with Crippen molar-refractivity contribution >= 4 is 17.6 Å². The number of ether oxygens (including phenoxy) is 1. The number of rotatable bonds is 5. The summed E-state index contributed by atoms with van der Waals surface area (Å²) in [5, 5.41) is 9.54. The number of nitrogens with zero attached hydrogens (tertiary/aromatic N) is 3. The van der Waals surface area contributed by atoms with E-state index < -0.39 is 5.60 Å². The molecule has 1 fully saturated rings. The molecule has 1 saturated heterocycles. The first-order chi connectivity index (χ1) is 12.7. The van der Waals surface area contributed by atoms with Crippen LogP contribution in [0.4, 0.5) is 5.82 Å². The van der Waals surface area contributed by atoms with Crippen molar-refractivity contribution in [2.45, 2.75) is 65.9 Å². The molecule has 1 aromatic rings. The maximum Gasteiger partial charge on any atom is 0.309 e. The SMILES string of the molecule is CCCC(=O)c1cc(C#N)c(N2CCC(C(=O)OC(C)(C)C)CC2)nc1C. The third-order valence-electron chi connectivity index (χ3n) is 4.63. The number of aryl methyl sites for hydroxylation is 1. The van der Waals surface area contributed by atoms with Gasteiger partial charge in [0.2, 0.25) is 0 Å². The number of carbonyl (C=O) groups excluding carboxylic acids is 2. The van der Waals surface area contributed by atoms with Gasteiger partial charge in [-0.25, -0.2) is 4.98 Å². The highest BCUT2D eigenvalue weighted by molar-refractivity contribution is 5.97. The number of anilines is 1. The summed E-state index contributed by atoms with van der Waals surface area (Å²) in [6, 6.07) is 3.84. The van der Waals surface area contributed by atoms with Gasteiger partial charge in [0.1, 0.15) is 17.5 Å². The third kappa shape index (κ3) is 5.29. The van der Waals surface area contributed by atoms with Crippen LogP contribution < -0.4 is 4.90 Å². The molecule has 0 aliphatic carbocycles. The number of piperidine rings is 1. The highest BCUT2D eigenvalue weighted by Crippen LogP contribution is 2.28. The van der Waals surface area contributed by atoms with Crippen molar-refractivity contribution in [2.24, 2.45) is 5.92 Å². The molecule has 0 N–H and O–H groups in total. The van der Waals surface area contributed by atoms with E-state index in [-0.39, 0.29) is 17.7 Å². The Morgan fingerprint density at radius 3 is 2.48 bits per heavy atom. The van der Waals surface area contributed by atoms with Gasteiger partial charge in [-0.2, -0.15) is 5.26 Å². The molecule has 1 aliphatic rings. The van der Waals surface area contributed by atoms with Gasteiger partial charge >= 0.3 is 5.97 Å². The summed E-state index contributed by atoms with van der Waals surface area (Å²) in [6.45, 7) is 10.6. The van der Waals surface area contributed by atoms with Crippen LogP contribution in [0, 0.1) is 24.2 Å². The maximum atomic E-state index is 12.3. The van der Waals surface area contributed by atoms with Crippen molar-refractivity contribution in [2.75, 3.05) is 18.0 Å². The Morgan fingerprint density at radius 2 is 1.96 bits per heavy atom. The molecule has 0 amide bonds. The number of pyridine rings is 1. The minimum Gasteiger partial charge on any atom is -0.460 e. The molecular formula is C21H29N3O3. The molecule has 2 heterocycles. The van der Waals surface area contributed by atoms with Crippen LogP contribution in [0.5, 0.6) is 0 Å². The quantitative estimate of drug-likeness (QED) is 0.578. The first-order valence-corrected chi connectivity index (χ1v) is 9.59. The predicted molar refractivity (Wildman–Crippen MR) is 104 cm³/mol. The normalized spacial score (nSPS) is 15.3. The lowest BCUT2D eigenvalue weighted by atomic mass is 9.96. The Balaban J connectivity index is 2.14. The monoisotopic (exact) mass is 371 g/mol. The fourth-order valence-corrected chi connectivity index (χ4v) is 3.27. The molecule has 1 aromatic heterocycles. The molecule has 146 valence electrons. The van der Waals surface area contributed by atoms with Crippen LogP contribution in [-0.2, 0) is 9.53 Å². The van der Waals surface area contributed by atoms with Crippen LogP contribution in [0.2, 0.25) is 0 Å². The first-order valence-electron chi connectivity index (χ1n) is 9.59. The Hall–Kier alpha value is -2.42. The number of nitriles is 1. The summed E-state index contributed by atoms with van der Waals surface area (Å²) in [5.74, 6) is 0.338. The van der Waals surface area contributed by atoms with E-state index in [0.717, 1.165) is 6.42 Å². The van der Waals surface area contributed by atoms with E-state index in [0.29, 0.717) is 55.0 Å². The molecule has 6 nitrogen and oxygen atoms in total. The molecule has 0 aromatic carbocycles. The zero-order chi connectivity index (χ0) is 20.2. The fraction of sp³-hybridized carbons (Fsp3) is 0.619. The van der Waals surface area contributed by atoms with E-state index >= 15 is 0 Å². The Labute approximate surface area is 161 Å². The fourth-order valence-electron chi connectivity index (χ4n) is 3.27. The number of Topliss-reactive ketones (excluding diaryl/α,β-unsaturated/α-hetero) is 1. The van der Waals surface area contributed by atoms with Gasteiger partial charge in [-0.3, -0.25) is 9.59 Å². The number of ketones is 1. The zero-order valence-corrected chi connectivity index (χ0v) is 17.0. The van der Waals surface area contributed by atoms with E-state index in [1.807, 2.05) is 32.6 Å². The topological polar surface area (TPSA) is 83.3 Å². The average molecular weight is 371 g/mol. The zero-order valence-electron chi connectivity index (χ0n) is 17.0. The molecule has 27 heavy (non-hydrogen) atoms. The van der Waals surface area contributed by atoms with E-state index in [2.05, 4.69) is 11.1 Å². The molecular weight excluding hydrogens is 342 g/mol. The molecule has 0 spiro atoms. The van der Waals surface area contributed by atoms with E-state index in [1.54, 1.807) is 13.0 Å². The highest BCUT2D eigenvalue weighted by atomic mass is 16.6. The summed E-state index contributed by atoms with van der Waals surface area (Å²) >= 11 is 0.